The molecule has 0 aliphatic carbocycles. The minimum absolute atomic E-state index is 0.0193. The molecule has 1 heterocycles. The smallest absolute Gasteiger partial charge is 0.242 e. The average Bonchev–Trinajstić information content (AvgIpc) is 2.75. The van der Waals surface area contributed by atoms with Crippen LogP contribution in [0.5, 0.6) is 0 Å². The minimum atomic E-state index is -0.267. The van der Waals surface area contributed by atoms with Crippen molar-refractivity contribution in [3.8, 4) is 0 Å². The summed E-state index contributed by atoms with van der Waals surface area (Å²) in [5.74, 6) is 0.0162. The van der Waals surface area contributed by atoms with Gasteiger partial charge in [-0.05, 0) is 33.6 Å². The number of likely N-dealkylation sites (N-methyl/N-ethyl adjacent to an activating group) is 1. The van der Waals surface area contributed by atoms with Crippen molar-refractivity contribution in [2.24, 2.45) is 0 Å². The topological polar surface area (TPSA) is 61.4 Å². The van der Waals surface area contributed by atoms with Gasteiger partial charge in [-0.3, -0.25) is 9.59 Å². The van der Waals surface area contributed by atoms with Crippen LogP contribution in [0.4, 0.5) is 0 Å². The Morgan fingerprint density at radius 1 is 1.33 bits per heavy atom. The summed E-state index contributed by atoms with van der Waals surface area (Å²) in [6.07, 6.45) is 2.14. The lowest BCUT2D eigenvalue weighted by Gasteiger charge is -2.25. The van der Waals surface area contributed by atoms with Crippen molar-refractivity contribution in [1.29, 1.82) is 0 Å². The van der Waals surface area contributed by atoms with Crippen LogP contribution in [0.15, 0.2) is 0 Å². The van der Waals surface area contributed by atoms with Crippen molar-refractivity contribution in [3.05, 3.63) is 0 Å². The molecule has 0 saturated carbocycles. The molecule has 0 spiro atoms. The van der Waals surface area contributed by atoms with Crippen LogP contribution < -0.4 is 10.6 Å². The van der Waals surface area contributed by atoms with Gasteiger partial charge in [-0.2, -0.15) is 0 Å². The number of carbonyl (C=O) groups excluding carboxylic acids is 2. The highest BCUT2D eigenvalue weighted by Crippen LogP contribution is 2.18. The van der Waals surface area contributed by atoms with Gasteiger partial charge in [0, 0.05) is 32.1 Å². The van der Waals surface area contributed by atoms with Crippen LogP contribution in [-0.4, -0.2) is 48.4 Å². The second-order valence-corrected chi connectivity index (χ2v) is 5.79. The molecule has 1 saturated heterocycles. The van der Waals surface area contributed by atoms with E-state index < -0.39 is 0 Å². The highest BCUT2D eigenvalue weighted by molar-refractivity contribution is 5.88. The molecule has 0 bridgehead atoms. The molecule has 1 aliphatic rings. The fourth-order valence-corrected chi connectivity index (χ4v) is 2.19. The Morgan fingerprint density at radius 3 is 2.56 bits per heavy atom. The zero-order chi connectivity index (χ0) is 13.8. The van der Waals surface area contributed by atoms with Crippen LogP contribution in [0, 0.1) is 0 Å². The first-order chi connectivity index (χ1) is 8.35. The molecule has 2 N–H and O–H groups in total. The largest absolute Gasteiger partial charge is 0.357 e. The van der Waals surface area contributed by atoms with E-state index in [2.05, 4.69) is 31.4 Å². The number of amides is 2. The Kier molecular flexibility index (Phi) is 5.14. The molecule has 5 nitrogen and oxygen atoms in total. The van der Waals surface area contributed by atoms with Crippen LogP contribution in [-0.2, 0) is 9.59 Å². The molecule has 1 unspecified atom stereocenters. The number of nitrogens with one attached hydrogen (secondary N) is 2. The van der Waals surface area contributed by atoms with E-state index in [-0.39, 0.29) is 23.4 Å². The number of hydrogen-bond acceptors (Lipinski definition) is 3. The van der Waals surface area contributed by atoms with Gasteiger partial charge in [-0.1, -0.05) is 0 Å². The highest BCUT2D eigenvalue weighted by atomic mass is 16.2. The van der Waals surface area contributed by atoms with Gasteiger partial charge in [0.15, 0.2) is 0 Å². The standard InChI is InChI=1S/C13H25N3O2/c1-13(2,3)15-8-7-11(17)16-9-5-6-10(16)12(18)14-4/h10,15H,5-9H2,1-4H3,(H,14,18). The van der Waals surface area contributed by atoms with E-state index in [0.717, 1.165) is 12.8 Å². The van der Waals surface area contributed by atoms with Crippen molar-refractivity contribution < 1.29 is 9.59 Å². The summed E-state index contributed by atoms with van der Waals surface area (Å²) in [7, 11) is 1.62. The van der Waals surface area contributed by atoms with E-state index in [0.29, 0.717) is 19.5 Å². The summed E-state index contributed by atoms with van der Waals surface area (Å²) in [5, 5.41) is 5.91. The molecule has 5 heteroatoms. The van der Waals surface area contributed by atoms with Crippen molar-refractivity contribution in [2.75, 3.05) is 20.1 Å². The zero-order valence-electron chi connectivity index (χ0n) is 11.9. The Balaban J connectivity index is 2.43. The van der Waals surface area contributed by atoms with E-state index in [9.17, 15) is 9.59 Å². The lowest BCUT2D eigenvalue weighted by Crippen LogP contribution is -2.46. The normalized spacial score (nSPS) is 20.0. The third kappa shape index (κ3) is 4.29. The van der Waals surface area contributed by atoms with Crippen LogP contribution in [0.3, 0.4) is 0 Å². The van der Waals surface area contributed by atoms with Gasteiger partial charge in [0.2, 0.25) is 11.8 Å². The molecule has 1 fully saturated rings. The van der Waals surface area contributed by atoms with Crippen LogP contribution in [0.25, 0.3) is 0 Å². The zero-order valence-corrected chi connectivity index (χ0v) is 11.9. The van der Waals surface area contributed by atoms with Crippen LogP contribution in [0.1, 0.15) is 40.0 Å². The monoisotopic (exact) mass is 255 g/mol. The molecule has 0 aromatic rings. The van der Waals surface area contributed by atoms with Crippen molar-refractivity contribution >= 4 is 11.8 Å². The molecule has 0 aromatic heterocycles. The quantitative estimate of drug-likeness (QED) is 0.769. The highest BCUT2D eigenvalue weighted by Gasteiger charge is 2.32. The van der Waals surface area contributed by atoms with Crippen molar-refractivity contribution in [1.82, 2.24) is 15.5 Å². The molecular weight excluding hydrogens is 230 g/mol. The van der Waals surface area contributed by atoms with Gasteiger partial charge in [-0.15, -0.1) is 0 Å². The van der Waals surface area contributed by atoms with Gasteiger partial charge in [0.25, 0.3) is 0 Å². The second kappa shape index (κ2) is 6.18. The maximum atomic E-state index is 12.1. The second-order valence-electron chi connectivity index (χ2n) is 5.79. The van der Waals surface area contributed by atoms with Gasteiger partial charge in [0.1, 0.15) is 6.04 Å². The summed E-state index contributed by atoms with van der Waals surface area (Å²) in [5.41, 5.74) is 0.0193. The number of hydrogen-bond donors (Lipinski definition) is 2. The molecule has 1 rings (SSSR count). The molecule has 104 valence electrons. The van der Waals surface area contributed by atoms with Gasteiger partial charge in [-0.25, -0.2) is 0 Å². The molecule has 2 amide bonds. The van der Waals surface area contributed by atoms with E-state index in [1.807, 2.05) is 0 Å². The van der Waals surface area contributed by atoms with Gasteiger partial charge >= 0.3 is 0 Å². The predicted octanol–water partition coefficient (Wildman–Crippen LogP) is 0.502. The fraction of sp³-hybridized carbons (Fsp3) is 0.846. The van der Waals surface area contributed by atoms with E-state index in [1.54, 1.807) is 11.9 Å². The Bertz CT molecular complexity index is 310. The molecule has 0 radical (unpaired) electrons. The first-order valence-corrected chi connectivity index (χ1v) is 6.61. The third-order valence-corrected chi connectivity index (χ3v) is 3.12. The van der Waals surface area contributed by atoms with E-state index in [4.69, 9.17) is 0 Å². The fourth-order valence-electron chi connectivity index (χ4n) is 2.19. The van der Waals surface area contributed by atoms with Gasteiger partial charge in [0.05, 0.1) is 0 Å². The molecule has 18 heavy (non-hydrogen) atoms. The minimum Gasteiger partial charge on any atom is -0.357 e. The Labute approximate surface area is 109 Å². The summed E-state index contributed by atoms with van der Waals surface area (Å²) in [4.78, 5) is 25.4. The van der Waals surface area contributed by atoms with Gasteiger partial charge < -0.3 is 15.5 Å². The van der Waals surface area contributed by atoms with Crippen LogP contribution >= 0.6 is 0 Å². The van der Waals surface area contributed by atoms with Crippen molar-refractivity contribution in [3.63, 3.8) is 0 Å². The molecule has 1 aliphatic heterocycles. The Hall–Kier alpha value is -1.10. The molecule has 0 aromatic carbocycles. The summed E-state index contributed by atoms with van der Waals surface area (Å²) < 4.78 is 0. The van der Waals surface area contributed by atoms with Crippen molar-refractivity contribution in [2.45, 2.75) is 51.6 Å². The number of likely N-dealkylation sites (tertiary alicyclic amines) is 1. The maximum absolute atomic E-state index is 12.1. The summed E-state index contributed by atoms with van der Waals surface area (Å²) >= 11 is 0. The first-order valence-electron chi connectivity index (χ1n) is 6.61. The Morgan fingerprint density at radius 2 is 2.00 bits per heavy atom. The lowest BCUT2D eigenvalue weighted by atomic mass is 10.1. The maximum Gasteiger partial charge on any atom is 0.242 e. The lowest BCUT2D eigenvalue weighted by molar-refractivity contribution is -0.138. The summed E-state index contributed by atoms with van der Waals surface area (Å²) in [6, 6.07) is -0.267. The number of rotatable bonds is 4. The van der Waals surface area contributed by atoms with E-state index in [1.165, 1.54) is 0 Å². The molecular formula is C13H25N3O2. The SMILES string of the molecule is CNC(=O)C1CCCN1C(=O)CCNC(C)(C)C. The number of nitrogens with zero attached hydrogens (tertiary/aromatic N) is 1. The number of carbonyl (C=O) groups is 2. The predicted molar refractivity (Wildman–Crippen MR) is 71.2 cm³/mol. The first kappa shape index (κ1) is 15.0. The molecule has 1 atom stereocenters. The third-order valence-electron chi connectivity index (χ3n) is 3.12. The van der Waals surface area contributed by atoms with Crippen LogP contribution in [0.2, 0.25) is 0 Å². The van der Waals surface area contributed by atoms with E-state index >= 15 is 0 Å². The summed E-state index contributed by atoms with van der Waals surface area (Å²) in [6.45, 7) is 7.56. The average molecular weight is 255 g/mol.